The van der Waals surface area contributed by atoms with Gasteiger partial charge in [-0.05, 0) is 44.0 Å². The molecule has 0 fully saturated rings. The summed E-state index contributed by atoms with van der Waals surface area (Å²) in [6, 6.07) is 5.33. The molecule has 0 bridgehead atoms. The van der Waals surface area contributed by atoms with E-state index in [2.05, 4.69) is 17.9 Å². The van der Waals surface area contributed by atoms with E-state index in [-0.39, 0.29) is 0 Å². The van der Waals surface area contributed by atoms with Gasteiger partial charge < -0.3 is 10.0 Å². The highest BCUT2D eigenvalue weighted by Gasteiger charge is 2.14. The molecule has 0 radical (unpaired) electrons. The van der Waals surface area contributed by atoms with Crippen molar-refractivity contribution >= 4 is 11.7 Å². The normalized spacial score (nSPS) is 15.6. The average molecular weight is 231 g/mol. The zero-order valence-corrected chi connectivity index (χ0v) is 10.2. The molecule has 0 amide bonds. The molecule has 0 unspecified atom stereocenters. The number of rotatable bonds is 2. The molecule has 0 saturated heterocycles. The van der Waals surface area contributed by atoms with Gasteiger partial charge in [0.1, 0.15) is 0 Å². The smallest absolute Gasteiger partial charge is 0.335 e. The van der Waals surface area contributed by atoms with Crippen LogP contribution in [0.1, 0.15) is 29.3 Å². The monoisotopic (exact) mass is 231 g/mol. The Balaban J connectivity index is 2.28. The molecule has 90 valence electrons. The molecule has 1 aliphatic rings. The maximum Gasteiger partial charge on any atom is 0.335 e. The van der Waals surface area contributed by atoms with Crippen molar-refractivity contribution in [2.75, 3.05) is 18.0 Å². The number of hydrogen-bond donors (Lipinski definition) is 1. The van der Waals surface area contributed by atoms with Crippen LogP contribution >= 0.6 is 0 Å². The van der Waals surface area contributed by atoms with Crippen molar-refractivity contribution in [3.63, 3.8) is 0 Å². The van der Waals surface area contributed by atoms with Crippen molar-refractivity contribution in [3.8, 4) is 0 Å². The van der Waals surface area contributed by atoms with Crippen LogP contribution in [-0.2, 0) is 0 Å². The molecule has 0 spiro atoms. The van der Waals surface area contributed by atoms with Crippen molar-refractivity contribution in [2.24, 2.45) is 0 Å². The highest BCUT2D eigenvalue weighted by Crippen LogP contribution is 2.24. The number of anilines is 1. The van der Waals surface area contributed by atoms with Gasteiger partial charge in [-0.3, -0.25) is 0 Å². The van der Waals surface area contributed by atoms with E-state index < -0.39 is 5.97 Å². The summed E-state index contributed by atoms with van der Waals surface area (Å²) in [4.78, 5) is 13.2. The highest BCUT2D eigenvalue weighted by molar-refractivity contribution is 5.88. The van der Waals surface area contributed by atoms with E-state index in [1.165, 1.54) is 5.57 Å². The Bertz CT molecular complexity index is 477. The number of carbonyl (C=O) groups is 1. The summed E-state index contributed by atoms with van der Waals surface area (Å²) in [5.74, 6) is -0.866. The second-order valence-electron chi connectivity index (χ2n) is 4.57. The molecular weight excluding hydrogens is 214 g/mol. The number of benzene rings is 1. The summed E-state index contributed by atoms with van der Waals surface area (Å²) < 4.78 is 0. The second kappa shape index (κ2) is 4.62. The zero-order chi connectivity index (χ0) is 12.4. The first kappa shape index (κ1) is 11.7. The first-order valence-electron chi connectivity index (χ1n) is 5.82. The minimum absolute atomic E-state index is 0.357. The van der Waals surface area contributed by atoms with E-state index in [4.69, 9.17) is 5.11 Å². The molecule has 0 aromatic heterocycles. The van der Waals surface area contributed by atoms with Crippen LogP contribution in [0.25, 0.3) is 0 Å². The molecule has 0 atom stereocenters. The topological polar surface area (TPSA) is 40.5 Å². The van der Waals surface area contributed by atoms with Crippen LogP contribution in [0.5, 0.6) is 0 Å². The highest BCUT2D eigenvalue weighted by atomic mass is 16.4. The number of hydrogen-bond acceptors (Lipinski definition) is 2. The number of aryl methyl sites for hydroxylation is 1. The largest absolute Gasteiger partial charge is 0.478 e. The maximum atomic E-state index is 10.9. The lowest BCUT2D eigenvalue weighted by Gasteiger charge is -2.29. The third-order valence-corrected chi connectivity index (χ3v) is 3.12. The zero-order valence-electron chi connectivity index (χ0n) is 10.2. The Morgan fingerprint density at radius 3 is 2.71 bits per heavy atom. The Hall–Kier alpha value is -1.77. The fourth-order valence-electron chi connectivity index (χ4n) is 2.26. The lowest BCUT2D eigenvalue weighted by atomic mass is 10.1. The Morgan fingerprint density at radius 2 is 2.12 bits per heavy atom. The predicted molar refractivity (Wildman–Crippen MR) is 68.7 cm³/mol. The van der Waals surface area contributed by atoms with Crippen LogP contribution in [0.15, 0.2) is 29.8 Å². The lowest BCUT2D eigenvalue weighted by Crippen LogP contribution is -2.29. The number of aromatic carboxylic acids is 1. The first-order chi connectivity index (χ1) is 8.08. The Labute approximate surface area is 101 Å². The molecule has 0 saturated carbocycles. The SMILES string of the molecule is CC1=CCCN(c2ccc(C(=O)O)cc2C)C1. The fourth-order valence-corrected chi connectivity index (χ4v) is 2.26. The summed E-state index contributed by atoms with van der Waals surface area (Å²) in [6.45, 7) is 6.04. The summed E-state index contributed by atoms with van der Waals surface area (Å²) in [7, 11) is 0. The molecule has 17 heavy (non-hydrogen) atoms. The van der Waals surface area contributed by atoms with Gasteiger partial charge >= 0.3 is 5.97 Å². The third-order valence-electron chi connectivity index (χ3n) is 3.12. The molecule has 3 heteroatoms. The maximum absolute atomic E-state index is 10.9. The van der Waals surface area contributed by atoms with Crippen LogP contribution in [0.3, 0.4) is 0 Å². The summed E-state index contributed by atoms with van der Waals surface area (Å²) >= 11 is 0. The van der Waals surface area contributed by atoms with Crippen molar-refractivity contribution in [2.45, 2.75) is 20.3 Å². The lowest BCUT2D eigenvalue weighted by molar-refractivity contribution is 0.0697. The first-order valence-corrected chi connectivity index (χ1v) is 5.82. The number of carboxylic acids is 1. The number of carboxylic acid groups (broad SMARTS) is 1. The molecule has 1 aromatic carbocycles. The van der Waals surface area contributed by atoms with Crippen molar-refractivity contribution in [3.05, 3.63) is 41.0 Å². The van der Waals surface area contributed by atoms with E-state index in [1.54, 1.807) is 12.1 Å². The van der Waals surface area contributed by atoms with Crippen LogP contribution in [-0.4, -0.2) is 24.2 Å². The molecule has 1 N–H and O–H groups in total. The average Bonchev–Trinajstić information content (AvgIpc) is 2.28. The van der Waals surface area contributed by atoms with Gasteiger partial charge in [0.2, 0.25) is 0 Å². The van der Waals surface area contributed by atoms with Gasteiger partial charge in [-0.1, -0.05) is 11.6 Å². The van der Waals surface area contributed by atoms with Crippen LogP contribution in [0.4, 0.5) is 5.69 Å². The fraction of sp³-hybridized carbons (Fsp3) is 0.357. The minimum atomic E-state index is -0.866. The van der Waals surface area contributed by atoms with Gasteiger partial charge in [-0.2, -0.15) is 0 Å². The van der Waals surface area contributed by atoms with Gasteiger partial charge in [0.15, 0.2) is 0 Å². The quantitative estimate of drug-likeness (QED) is 0.796. The second-order valence-corrected chi connectivity index (χ2v) is 4.57. The summed E-state index contributed by atoms with van der Waals surface area (Å²) in [5, 5.41) is 8.93. The molecule has 2 rings (SSSR count). The molecule has 1 aromatic rings. The van der Waals surface area contributed by atoms with Crippen molar-refractivity contribution in [1.29, 1.82) is 0 Å². The van der Waals surface area contributed by atoms with Crippen LogP contribution in [0, 0.1) is 6.92 Å². The molecule has 0 aliphatic carbocycles. The summed E-state index contributed by atoms with van der Waals surface area (Å²) in [5.41, 5.74) is 3.90. The van der Waals surface area contributed by atoms with E-state index in [1.807, 2.05) is 13.0 Å². The third kappa shape index (κ3) is 2.49. The van der Waals surface area contributed by atoms with E-state index >= 15 is 0 Å². The predicted octanol–water partition coefficient (Wildman–Crippen LogP) is 2.85. The molecule has 3 nitrogen and oxygen atoms in total. The molecular formula is C14H17NO2. The van der Waals surface area contributed by atoms with Gasteiger partial charge in [0.05, 0.1) is 5.56 Å². The Morgan fingerprint density at radius 1 is 1.35 bits per heavy atom. The van der Waals surface area contributed by atoms with Gasteiger partial charge in [-0.25, -0.2) is 4.79 Å². The summed E-state index contributed by atoms with van der Waals surface area (Å²) in [6.07, 6.45) is 3.32. The van der Waals surface area contributed by atoms with E-state index in [0.29, 0.717) is 5.56 Å². The van der Waals surface area contributed by atoms with Crippen LogP contribution < -0.4 is 4.90 Å². The van der Waals surface area contributed by atoms with Crippen molar-refractivity contribution < 1.29 is 9.90 Å². The molecule has 1 heterocycles. The Kier molecular flexibility index (Phi) is 3.18. The number of nitrogens with zero attached hydrogens (tertiary/aromatic N) is 1. The van der Waals surface area contributed by atoms with Crippen molar-refractivity contribution in [1.82, 2.24) is 0 Å². The van der Waals surface area contributed by atoms with E-state index in [0.717, 1.165) is 30.8 Å². The molecule has 1 aliphatic heterocycles. The van der Waals surface area contributed by atoms with E-state index in [9.17, 15) is 4.79 Å². The van der Waals surface area contributed by atoms with Gasteiger partial charge in [0, 0.05) is 18.8 Å². The minimum Gasteiger partial charge on any atom is -0.478 e. The standard InChI is InChI=1S/C14H17NO2/c1-10-4-3-7-15(9-10)13-6-5-12(14(16)17)8-11(13)2/h4-6,8H,3,7,9H2,1-2H3,(H,16,17). The van der Waals surface area contributed by atoms with Gasteiger partial charge in [-0.15, -0.1) is 0 Å². The van der Waals surface area contributed by atoms with Gasteiger partial charge in [0.25, 0.3) is 0 Å². The van der Waals surface area contributed by atoms with Crippen LogP contribution in [0.2, 0.25) is 0 Å².